The van der Waals surface area contributed by atoms with Gasteiger partial charge in [0.05, 0.1) is 0 Å². The summed E-state index contributed by atoms with van der Waals surface area (Å²) in [4.78, 5) is 5.00. The monoisotopic (exact) mass is 327 g/mol. The Bertz CT molecular complexity index is 442. The Morgan fingerprint density at radius 1 is 1.26 bits per heavy atom. The van der Waals surface area contributed by atoms with Crippen molar-refractivity contribution in [2.45, 2.75) is 12.6 Å². The van der Waals surface area contributed by atoms with E-state index in [0.29, 0.717) is 6.04 Å². The molecule has 1 aromatic carbocycles. The van der Waals surface area contributed by atoms with Crippen LogP contribution < -0.4 is 5.32 Å². The second kappa shape index (κ2) is 5.87. The van der Waals surface area contributed by atoms with Crippen LogP contribution in [0, 0.1) is 5.82 Å². The Morgan fingerprint density at radius 3 is 2.68 bits per heavy atom. The van der Waals surface area contributed by atoms with Crippen molar-refractivity contribution in [3.8, 4) is 0 Å². The standard InChI is InChI=1S/C14H19BrFN3/c15-14-7-12(16)2-1-11(14)8-18-9-13(10-18)19-5-3-17-4-6-19/h1-2,7,13,17H,3-6,8-10H2. The maximum Gasteiger partial charge on any atom is 0.124 e. The average Bonchev–Trinajstić information content (AvgIpc) is 2.36. The first-order chi connectivity index (χ1) is 9.22. The number of nitrogens with zero attached hydrogens (tertiary/aromatic N) is 2. The molecule has 0 amide bonds. The lowest BCUT2D eigenvalue weighted by Gasteiger charge is -2.47. The van der Waals surface area contributed by atoms with Crippen LogP contribution in [0.4, 0.5) is 4.39 Å². The molecule has 3 nitrogen and oxygen atoms in total. The summed E-state index contributed by atoms with van der Waals surface area (Å²) in [6.45, 7) is 7.72. The fourth-order valence-electron chi connectivity index (χ4n) is 2.84. The van der Waals surface area contributed by atoms with E-state index < -0.39 is 0 Å². The molecule has 19 heavy (non-hydrogen) atoms. The number of likely N-dealkylation sites (tertiary alicyclic amines) is 1. The zero-order valence-electron chi connectivity index (χ0n) is 10.9. The lowest BCUT2D eigenvalue weighted by Crippen LogP contribution is -2.62. The second-order valence-corrected chi connectivity index (χ2v) is 6.22. The normalized spacial score (nSPS) is 22.4. The lowest BCUT2D eigenvalue weighted by atomic mass is 10.0. The summed E-state index contributed by atoms with van der Waals surface area (Å²) in [6.07, 6.45) is 0. The van der Waals surface area contributed by atoms with Gasteiger partial charge in [-0.2, -0.15) is 0 Å². The average molecular weight is 328 g/mol. The first-order valence-corrected chi connectivity index (χ1v) is 7.63. The molecule has 2 fully saturated rings. The smallest absolute Gasteiger partial charge is 0.124 e. The summed E-state index contributed by atoms with van der Waals surface area (Å²) >= 11 is 3.44. The van der Waals surface area contributed by atoms with E-state index >= 15 is 0 Å². The quantitative estimate of drug-likeness (QED) is 0.911. The van der Waals surface area contributed by atoms with E-state index in [1.54, 1.807) is 6.07 Å². The van der Waals surface area contributed by atoms with E-state index in [1.165, 1.54) is 24.7 Å². The van der Waals surface area contributed by atoms with Crippen LogP contribution in [0.2, 0.25) is 0 Å². The van der Waals surface area contributed by atoms with Crippen LogP contribution >= 0.6 is 15.9 Å². The maximum absolute atomic E-state index is 13.0. The topological polar surface area (TPSA) is 18.5 Å². The van der Waals surface area contributed by atoms with Gasteiger partial charge < -0.3 is 5.32 Å². The fraction of sp³-hybridized carbons (Fsp3) is 0.571. The largest absolute Gasteiger partial charge is 0.314 e. The number of piperazine rings is 1. The molecule has 5 heteroatoms. The molecule has 104 valence electrons. The molecule has 0 bridgehead atoms. The van der Waals surface area contributed by atoms with E-state index in [4.69, 9.17) is 0 Å². The number of halogens is 2. The summed E-state index contributed by atoms with van der Waals surface area (Å²) in [7, 11) is 0. The zero-order valence-corrected chi connectivity index (χ0v) is 12.5. The first kappa shape index (κ1) is 13.5. The van der Waals surface area contributed by atoms with Gasteiger partial charge in [-0.05, 0) is 17.7 Å². The van der Waals surface area contributed by atoms with Gasteiger partial charge in [-0.15, -0.1) is 0 Å². The van der Waals surface area contributed by atoms with E-state index in [1.807, 2.05) is 6.07 Å². The van der Waals surface area contributed by atoms with Crippen LogP contribution in [0.25, 0.3) is 0 Å². The number of hydrogen-bond donors (Lipinski definition) is 1. The van der Waals surface area contributed by atoms with Crippen molar-refractivity contribution < 1.29 is 4.39 Å². The lowest BCUT2D eigenvalue weighted by molar-refractivity contribution is 0.0222. The van der Waals surface area contributed by atoms with E-state index in [2.05, 4.69) is 31.0 Å². The summed E-state index contributed by atoms with van der Waals surface area (Å²) in [6, 6.07) is 5.66. The highest BCUT2D eigenvalue weighted by atomic mass is 79.9. The fourth-order valence-corrected chi connectivity index (χ4v) is 3.32. The van der Waals surface area contributed by atoms with Crippen molar-refractivity contribution in [2.75, 3.05) is 39.3 Å². The van der Waals surface area contributed by atoms with Gasteiger partial charge in [-0.1, -0.05) is 22.0 Å². The second-order valence-electron chi connectivity index (χ2n) is 5.37. The number of benzene rings is 1. The molecule has 3 rings (SSSR count). The van der Waals surface area contributed by atoms with Crippen LogP contribution in [0.1, 0.15) is 5.56 Å². The molecule has 0 unspecified atom stereocenters. The zero-order chi connectivity index (χ0) is 13.2. The molecule has 2 heterocycles. The van der Waals surface area contributed by atoms with Gasteiger partial charge in [0.15, 0.2) is 0 Å². The van der Waals surface area contributed by atoms with Gasteiger partial charge in [-0.25, -0.2) is 4.39 Å². The van der Waals surface area contributed by atoms with E-state index in [9.17, 15) is 4.39 Å². The van der Waals surface area contributed by atoms with Gasteiger partial charge >= 0.3 is 0 Å². The van der Waals surface area contributed by atoms with Gasteiger partial charge in [0.1, 0.15) is 5.82 Å². The molecule has 2 saturated heterocycles. The van der Waals surface area contributed by atoms with Crippen LogP contribution in [0.5, 0.6) is 0 Å². The molecule has 0 aromatic heterocycles. The molecule has 2 aliphatic rings. The van der Waals surface area contributed by atoms with Crippen molar-refractivity contribution in [3.05, 3.63) is 34.1 Å². The Morgan fingerprint density at radius 2 is 2.00 bits per heavy atom. The predicted molar refractivity (Wildman–Crippen MR) is 77.6 cm³/mol. The van der Waals surface area contributed by atoms with Gasteiger partial charge in [0.2, 0.25) is 0 Å². The van der Waals surface area contributed by atoms with Crippen LogP contribution in [0.15, 0.2) is 22.7 Å². The molecular formula is C14H19BrFN3. The highest BCUT2D eigenvalue weighted by molar-refractivity contribution is 9.10. The molecule has 0 spiro atoms. The maximum atomic E-state index is 13.0. The van der Waals surface area contributed by atoms with Crippen LogP contribution in [0.3, 0.4) is 0 Å². The Hall–Kier alpha value is -0.490. The summed E-state index contributed by atoms with van der Waals surface area (Å²) in [5, 5.41) is 3.38. The summed E-state index contributed by atoms with van der Waals surface area (Å²) < 4.78 is 13.9. The number of nitrogens with one attached hydrogen (secondary N) is 1. The Labute approximate surface area is 121 Å². The van der Waals surface area contributed by atoms with Crippen LogP contribution in [-0.4, -0.2) is 55.1 Å². The van der Waals surface area contributed by atoms with Crippen molar-refractivity contribution in [3.63, 3.8) is 0 Å². The number of rotatable bonds is 3. The molecule has 1 N–H and O–H groups in total. The summed E-state index contributed by atoms with van der Waals surface area (Å²) in [5.41, 5.74) is 1.17. The van der Waals surface area contributed by atoms with E-state index in [-0.39, 0.29) is 5.82 Å². The first-order valence-electron chi connectivity index (χ1n) is 6.83. The Balaban J connectivity index is 1.50. The molecular weight excluding hydrogens is 309 g/mol. The van der Waals surface area contributed by atoms with Gasteiger partial charge in [0, 0.05) is 56.3 Å². The van der Waals surface area contributed by atoms with Crippen molar-refractivity contribution in [1.82, 2.24) is 15.1 Å². The highest BCUT2D eigenvalue weighted by Gasteiger charge is 2.32. The SMILES string of the molecule is Fc1ccc(CN2CC(N3CCNCC3)C2)c(Br)c1. The molecule has 2 aliphatic heterocycles. The highest BCUT2D eigenvalue weighted by Crippen LogP contribution is 2.23. The minimum atomic E-state index is -0.182. The molecule has 0 aliphatic carbocycles. The molecule has 0 radical (unpaired) electrons. The molecule has 0 atom stereocenters. The molecule has 1 aromatic rings. The Kier molecular flexibility index (Phi) is 4.17. The van der Waals surface area contributed by atoms with Gasteiger partial charge in [0.25, 0.3) is 0 Å². The third-order valence-electron chi connectivity index (χ3n) is 4.01. The third kappa shape index (κ3) is 3.16. The minimum Gasteiger partial charge on any atom is -0.314 e. The van der Waals surface area contributed by atoms with Crippen LogP contribution in [-0.2, 0) is 6.54 Å². The van der Waals surface area contributed by atoms with Gasteiger partial charge in [-0.3, -0.25) is 9.80 Å². The predicted octanol–water partition coefficient (Wildman–Crippen LogP) is 1.68. The van der Waals surface area contributed by atoms with Crippen molar-refractivity contribution >= 4 is 15.9 Å². The van der Waals surface area contributed by atoms with Crippen molar-refractivity contribution in [2.24, 2.45) is 0 Å². The minimum absolute atomic E-state index is 0.182. The summed E-state index contributed by atoms with van der Waals surface area (Å²) in [5.74, 6) is -0.182. The van der Waals surface area contributed by atoms with E-state index in [0.717, 1.165) is 37.2 Å². The van der Waals surface area contributed by atoms with Crippen molar-refractivity contribution in [1.29, 1.82) is 0 Å². The number of hydrogen-bond acceptors (Lipinski definition) is 3. The third-order valence-corrected chi connectivity index (χ3v) is 4.75. The molecule has 0 saturated carbocycles.